The molecule has 11 nitrogen and oxygen atoms in total. The summed E-state index contributed by atoms with van der Waals surface area (Å²) >= 11 is 0. The topological polar surface area (TPSA) is 126 Å². The maximum absolute atomic E-state index is 13.5. The van der Waals surface area contributed by atoms with E-state index in [2.05, 4.69) is 15.3 Å². The largest absolute Gasteiger partial charge is 0.393 e. The van der Waals surface area contributed by atoms with Gasteiger partial charge < -0.3 is 10.0 Å². The Hall–Kier alpha value is -3.68. The van der Waals surface area contributed by atoms with Gasteiger partial charge in [-0.2, -0.15) is 19.3 Å². The molecule has 1 N–H and O–H groups in total. The van der Waals surface area contributed by atoms with Gasteiger partial charge in [0.25, 0.3) is 10.0 Å². The number of carbonyl (C=O) groups is 1. The molecule has 4 aromatic rings. The van der Waals surface area contributed by atoms with Gasteiger partial charge in [-0.1, -0.05) is 0 Å². The van der Waals surface area contributed by atoms with E-state index in [4.69, 9.17) is 0 Å². The number of aliphatic hydroxyl groups excluding tert-OH is 1. The van der Waals surface area contributed by atoms with Crippen molar-refractivity contribution in [2.45, 2.75) is 36.9 Å². The third-order valence-corrected chi connectivity index (χ3v) is 9.38. The van der Waals surface area contributed by atoms with E-state index >= 15 is 0 Å². The number of carbonyl (C=O) groups excluding carboxylic acids is 1. The van der Waals surface area contributed by atoms with E-state index in [0.717, 1.165) is 22.0 Å². The lowest BCUT2D eigenvalue weighted by atomic mass is 9.80. The first-order valence-corrected chi connectivity index (χ1v) is 14.1. The molecular weight excluding hydrogens is 525 g/mol. The fraction of sp³-hybridized carbons (Fsp3) is 0.385. The minimum absolute atomic E-state index is 0.0539. The number of aromatic nitrogens is 5. The number of aliphatic hydroxyl groups is 1. The van der Waals surface area contributed by atoms with Crippen molar-refractivity contribution in [3.05, 3.63) is 65.7 Å². The Bertz CT molecular complexity index is 1660. The van der Waals surface area contributed by atoms with Crippen molar-refractivity contribution in [1.82, 2.24) is 34.0 Å². The van der Waals surface area contributed by atoms with Crippen LogP contribution in [0, 0.1) is 18.7 Å². The van der Waals surface area contributed by atoms with Crippen molar-refractivity contribution >= 4 is 26.8 Å². The van der Waals surface area contributed by atoms with Crippen molar-refractivity contribution in [2.75, 3.05) is 19.6 Å². The van der Waals surface area contributed by atoms with Gasteiger partial charge in [-0.3, -0.25) is 4.79 Å². The standard InChI is InChI=1S/C26H28FN7O4S/c1-16-9-23-18(13-29-34(23)20-5-3-19(27)4-6-20)12-22(16)24-15-32(39(37,38)25-14-28-31(2)30-25)7-8-33(24)26(36)17-10-21(35)11-17/h3-6,9,12-14,17,21,24,35H,7-8,10-11,15H2,1-2H3/t17?,21?,24-/m1/s1. The number of piperazine rings is 1. The van der Waals surface area contributed by atoms with Crippen molar-refractivity contribution in [2.24, 2.45) is 13.0 Å². The zero-order chi connectivity index (χ0) is 27.5. The van der Waals surface area contributed by atoms with E-state index in [9.17, 15) is 22.7 Å². The second-order valence-corrected chi connectivity index (χ2v) is 12.1. The van der Waals surface area contributed by atoms with Crippen LogP contribution in [0.25, 0.3) is 16.6 Å². The van der Waals surface area contributed by atoms with Crippen LogP contribution < -0.4 is 0 Å². The molecule has 0 bridgehead atoms. The van der Waals surface area contributed by atoms with Crippen molar-refractivity contribution in [3.63, 3.8) is 0 Å². The molecule has 39 heavy (non-hydrogen) atoms. The smallest absolute Gasteiger partial charge is 0.264 e. The zero-order valence-corrected chi connectivity index (χ0v) is 22.3. The monoisotopic (exact) mass is 553 g/mol. The van der Waals surface area contributed by atoms with Gasteiger partial charge in [0, 0.05) is 38.0 Å². The van der Waals surface area contributed by atoms with Crippen LogP contribution in [0.5, 0.6) is 0 Å². The molecule has 2 aromatic heterocycles. The van der Waals surface area contributed by atoms with Gasteiger partial charge in [-0.05, 0) is 67.3 Å². The number of fused-ring (bicyclic) bond motifs is 1. The normalized spacial score (nSPS) is 22.3. The van der Waals surface area contributed by atoms with Crippen LogP contribution in [0.15, 0.2) is 53.8 Å². The Balaban J connectivity index is 1.39. The predicted molar refractivity (Wildman–Crippen MR) is 139 cm³/mol. The first kappa shape index (κ1) is 25.6. The van der Waals surface area contributed by atoms with Crippen LogP contribution in [0.4, 0.5) is 4.39 Å². The SMILES string of the molecule is Cc1cc2c(cnn2-c2ccc(F)cc2)cc1[C@H]1CN(S(=O)(=O)c2cnn(C)n2)CCN1C(=O)C1CC(O)C1. The Kier molecular flexibility index (Phi) is 6.24. The molecule has 13 heteroatoms. The zero-order valence-electron chi connectivity index (χ0n) is 21.5. The van der Waals surface area contributed by atoms with Crippen LogP contribution in [-0.4, -0.2) is 79.1 Å². The first-order chi connectivity index (χ1) is 18.6. The number of aryl methyl sites for hydroxylation is 2. The predicted octanol–water partition coefficient (Wildman–Crippen LogP) is 1.95. The number of rotatable bonds is 5. The minimum atomic E-state index is -3.93. The van der Waals surface area contributed by atoms with E-state index < -0.39 is 22.2 Å². The third kappa shape index (κ3) is 4.49. The highest BCUT2D eigenvalue weighted by Gasteiger charge is 2.43. The van der Waals surface area contributed by atoms with E-state index in [1.165, 1.54) is 27.4 Å². The average Bonchev–Trinajstić information content (AvgIpc) is 3.52. The molecule has 2 aliphatic rings. The molecule has 0 spiro atoms. The third-order valence-electron chi connectivity index (χ3n) is 7.66. The van der Waals surface area contributed by atoms with Crippen molar-refractivity contribution in [3.8, 4) is 5.69 Å². The molecule has 1 atom stereocenters. The van der Waals surface area contributed by atoms with Crippen molar-refractivity contribution in [1.29, 1.82) is 0 Å². The Labute approximate surface area is 224 Å². The average molecular weight is 554 g/mol. The summed E-state index contributed by atoms with van der Waals surface area (Å²) in [5.41, 5.74) is 3.19. The quantitative estimate of drug-likeness (QED) is 0.400. The molecule has 1 aliphatic carbocycles. The molecule has 1 aliphatic heterocycles. The molecule has 0 unspecified atom stereocenters. The lowest BCUT2D eigenvalue weighted by molar-refractivity contribution is -0.146. The summed E-state index contributed by atoms with van der Waals surface area (Å²) in [7, 11) is -2.38. The van der Waals surface area contributed by atoms with Gasteiger partial charge in [-0.15, -0.1) is 5.10 Å². The van der Waals surface area contributed by atoms with Gasteiger partial charge in [0.2, 0.25) is 10.9 Å². The van der Waals surface area contributed by atoms with Crippen LogP contribution in [0.2, 0.25) is 0 Å². The summed E-state index contributed by atoms with van der Waals surface area (Å²) in [6.45, 7) is 2.31. The highest BCUT2D eigenvalue weighted by molar-refractivity contribution is 7.89. The van der Waals surface area contributed by atoms with E-state index in [0.29, 0.717) is 18.5 Å². The van der Waals surface area contributed by atoms with Crippen LogP contribution in [0.1, 0.15) is 30.0 Å². The van der Waals surface area contributed by atoms with Gasteiger partial charge in [0.05, 0.1) is 35.7 Å². The summed E-state index contributed by atoms with van der Waals surface area (Å²) in [5.74, 6) is -0.699. The molecule has 2 aromatic carbocycles. The van der Waals surface area contributed by atoms with Crippen LogP contribution in [0.3, 0.4) is 0 Å². The fourth-order valence-corrected chi connectivity index (χ4v) is 6.78. The van der Waals surface area contributed by atoms with E-state index in [1.807, 2.05) is 19.1 Å². The number of benzene rings is 2. The minimum Gasteiger partial charge on any atom is -0.393 e. The van der Waals surface area contributed by atoms with Gasteiger partial charge in [0.1, 0.15) is 5.82 Å². The molecule has 0 radical (unpaired) electrons. The summed E-state index contributed by atoms with van der Waals surface area (Å²) in [6.07, 6.45) is 3.26. The number of hydrogen-bond acceptors (Lipinski definition) is 7. The van der Waals surface area contributed by atoms with Gasteiger partial charge in [-0.25, -0.2) is 17.5 Å². The molecule has 1 amide bonds. The maximum atomic E-state index is 13.5. The number of amides is 1. The number of sulfonamides is 1. The van der Waals surface area contributed by atoms with Gasteiger partial charge >= 0.3 is 0 Å². The lowest BCUT2D eigenvalue weighted by Crippen LogP contribution is -2.55. The Morgan fingerprint density at radius 1 is 1.08 bits per heavy atom. The number of hydrogen-bond donors (Lipinski definition) is 1. The van der Waals surface area contributed by atoms with Gasteiger partial charge in [0.15, 0.2) is 0 Å². The van der Waals surface area contributed by atoms with Crippen molar-refractivity contribution < 1.29 is 22.7 Å². The highest BCUT2D eigenvalue weighted by atomic mass is 32.2. The van der Waals surface area contributed by atoms with Crippen LogP contribution in [-0.2, 0) is 21.9 Å². The molecule has 204 valence electrons. The summed E-state index contributed by atoms with van der Waals surface area (Å²) in [5, 5.41) is 22.9. The summed E-state index contributed by atoms with van der Waals surface area (Å²) < 4.78 is 43.4. The fourth-order valence-electron chi connectivity index (χ4n) is 5.45. The number of halogens is 1. The Morgan fingerprint density at radius 2 is 1.82 bits per heavy atom. The molecule has 6 rings (SSSR count). The van der Waals surface area contributed by atoms with E-state index in [1.54, 1.807) is 35.0 Å². The molecule has 1 saturated carbocycles. The second kappa shape index (κ2) is 9.50. The lowest BCUT2D eigenvalue weighted by Gasteiger charge is -2.44. The molecule has 3 heterocycles. The molecular formula is C26H28FN7O4S. The number of nitrogens with zero attached hydrogens (tertiary/aromatic N) is 7. The second-order valence-electron chi connectivity index (χ2n) is 10.2. The molecule has 2 fully saturated rings. The Morgan fingerprint density at radius 3 is 2.49 bits per heavy atom. The molecule has 1 saturated heterocycles. The highest BCUT2D eigenvalue weighted by Crippen LogP contribution is 2.37. The summed E-state index contributed by atoms with van der Waals surface area (Å²) in [6, 6.07) is 9.39. The first-order valence-electron chi connectivity index (χ1n) is 12.7. The van der Waals surface area contributed by atoms with E-state index in [-0.39, 0.29) is 42.3 Å². The van der Waals surface area contributed by atoms with Crippen LogP contribution >= 0.6 is 0 Å². The summed E-state index contributed by atoms with van der Waals surface area (Å²) in [4.78, 5) is 16.5. The maximum Gasteiger partial charge on any atom is 0.264 e.